The molecule has 102 valence electrons. The molecule has 1 aliphatic rings. The molecule has 0 spiro atoms. The van der Waals surface area contributed by atoms with Crippen LogP contribution in [0.15, 0.2) is 24.3 Å². The van der Waals surface area contributed by atoms with Crippen LogP contribution in [0, 0.1) is 23.2 Å². The predicted octanol–water partition coefficient (Wildman–Crippen LogP) is 3.83. The SMILES string of the molecule is CC1CCC(C)C(Nc2ccc(OCC#N)cc2)C1. The molecule has 1 N–H and O–H groups in total. The Morgan fingerprint density at radius 2 is 2.00 bits per heavy atom. The van der Waals surface area contributed by atoms with Gasteiger partial charge in [0.05, 0.1) is 0 Å². The van der Waals surface area contributed by atoms with Gasteiger partial charge in [0.2, 0.25) is 0 Å². The molecular formula is C16H22N2O. The van der Waals surface area contributed by atoms with Crippen LogP contribution in [0.3, 0.4) is 0 Å². The van der Waals surface area contributed by atoms with Crippen molar-refractivity contribution in [3.05, 3.63) is 24.3 Å². The first kappa shape index (κ1) is 13.7. The monoisotopic (exact) mass is 258 g/mol. The summed E-state index contributed by atoms with van der Waals surface area (Å²) in [5.41, 5.74) is 1.13. The summed E-state index contributed by atoms with van der Waals surface area (Å²) in [5.74, 6) is 2.29. The van der Waals surface area contributed by atoms with Crippen molar-refractivity contribution in [3.8, 4) is 11.8 Å². The first-order chi connectivity index (χ1) is 9.19. The van der Waals surface area contributed by atoms with Gasteiger partial charge in [-0.2, -0.15) is 5.26 Å². The van der Waals surface area contributed by atoms with E-state index in [1.54, 1.807) is 0 Å². The minimum Gasteiger partial charge on any atom is -0.479 e. The van der Waals surface area contributed by atoms with E-state index >= 15 is 0 Å². The largest absolute Gasteiger partial charge is 0.479 e. The third kappa shape index (κ3) is 3.89. The highest BCUT2D eigenvalue weighted by atomic mass is 16.5. The average Bonchev–Trinajstić information content (AvgIpc) is 2.42. The van der Waals surface area contributed by atoms with Crippen molar-refractivity contribution in [2.45, 2.75) is 39.2 Å². The van der Waals surface area contributed by atoms with Crippen LogP contribution in [0.5, 0.6) is 5.75 Å². The van der Waals surface area contributed by atoms with Gasteiger partial charge in [0.25, 0.3) is 0 Å². The number of nitrogens with one attached hydrogen (secondary N) is 1. The van der Waals surface area contributed by atoms with E-state index in [9.17, 15) is 0 Å². The van der Waals surface area contributed by atoms with Crippen molar-refractivity contribution in [1.29, 1.82) is 5.26 Å². The highest BCUT2D eigenvalue weighted by Gasteiger charge is 2.25. The van der Waals surface area contributed by atoms with E-state index < -0.39 is 0 Å². The van der Waals surface area contributed by atoms with E-state index in [0.29, 0.717) is 6.04 Å². The van der Waals surface area contributed by atoms with Gasteiger partial charge >= 0.3 is 0 Å². The molecule has 2 rings (SSSR count). The molecule has 0 aliphatic heterocycles. The van der Waals surface area contributed by atoms with Crippen LogP contribution < -0.4 is 10.1 Å². The number of nitriles is 1. The van der Waals surface area contributed by atoms with Gasteiger partial charge in [-0.3, -0.25) is 0 Å². The molecule has 3 unspecified atom stereocenters. The number of ether oxygens (including phenoxy) is 1. The molecule has 1 aromatic rings. The Morgan fingerprint density at radius 1 is 1.26 bits per heavy atom. The van der Waals surface area contributed by atoms with Crippen LogP contribution in [0.2, 0.25) is 0 Å². The van der Waals surface area contributed by atoms with Crippen molar-refractivity contribution in [2.75, 3.05) is 11.9 Å². The molecule has 1 fully saturated rings. The number of benzene rings is 1. The van der Waals surface area contributed by atoms with Crippen LogP contribution in [0.1, 0.15) is 33.1 Å². The number of hydrogen-bond acceptors (Lipinski definition) is 3. The summed E-state index contributed by atoms with van der Waals surface area (Å²) in [6, 6.07) is 10.4. The average molecular weight is 258 g/mol. The Morgan fingerprint density at radius 3 is 2.68 bits per heavy atom. The molecule has 3 heteroatoms. The first-order valence-electron chi connectivity index (χ1n) is 7.05. The standard InChI is InChI=1S/C16H22N2O/c1-12-3-4-13(2)16(11-12)18-14-5-7-15(8-6-14)19-10-9-17/h5-8,12-13,16,18H,3-4,10-11H2,1-2H3. The molecule has 0 bridgehead atoms. The first-order valence-corrected chi connectivity index (χ1v) is 7.05. The minimum atomic E-state index is 0.101. The molecule has 3 atom stereocenters. The topological polar surface area (TPSA) is 45.0 Å². The summed E-state index contributed by atoms with van der Waals surface area (Å²) >= 11 is 0. The zero-order valence-electron chi connectivity index (χ0n) is 11.7. The lowest BCUT2D eigenvalue weighted by atomic mass is 9.80. The maximum atomic E-state index is 8.47. The Kier molecular flexibility index (Phi) is 4.68. The van der Waals surface area contributed by atoms with Gasteiger partial charge in [-0.25, -0.2) is 0 Å². The second kappa shape index (κ2) is 6.47. The third-order valence-electron chi connectivity index (χ3n) is 3.97. The van der Waals surface area contributed by atoms with Crippen LogP contribution >= 0.6 is 0 Å². The van der Waals surface area contributed by atoms with Crippen LogP contribution in [-0.2, 0) is 0 Å². The zero-order chi connectivity index (χ0) is 13.7. The van der Waals surface area contributed by atoms with E-state index in [-0.39, 0.29) is 6.61 Å². The summed E-state index contributed by atoms with van der Waals surface area (Å²) in [7, 11) is 0. The molecule has 0 saturated heterocycles. The van der Waals surface area contributed by atoms with E-state index in [0.717, 1.165) is 23.3 Å². The maximum Gasteiger partial charge on any atom is 0.174 e. The van der Waals surface area contributed by atoms with Crippen molar-refractivity contribution in [2.24, 2.45) is 11.8 Å². The van der Waals surface area contributed by atoms with E-state index in [1.807, 2.05) is 30.3 Å². The van der Waals surface area contributed by atoms with Gasteiger partial charge in [-0.1, -0.05) is 20.3 Å². The summed E-state index contributed by atoms with van der Waals surface area (Å²) in [4.78, 5) is 0. The minimum absolute atomic E-state index is 0.101. The molecule has 1 aliphatic carbocycles. The Labute approximate surface area is 115 Å². The Hall–Kier alpha value is -1.69. The molecule has 1 saturated carbocycles. The van der Waals surface area contributed by atoms with E-state index in [4.69, 9.17) is 10.00 Å². The molecule has 19 heavy (non-hydrogen) atoms. The summed E-state index contributed by atoms with van der Waals surface area (Å²) < 4.78 is 5.25. The van der Waals surface area contributed by atoms with Gasteiger partial charge < -0.3 is 10.1 Å². The van der Waals surface area contributed by atoms with Crippen molar-refractivity contribution in [3.63, 3.8) is 0 Å². The van der Waals surface area contributed by atoms with Gasteiger partial charge in [0.15, 0.2) is 6.61 Å². The van der Waals surface area contributed by atoms with Gasteiger partial charge in [-0.15, -0.1) is 0 Å². The maximum absolute atomic E-state index is 8.47. The number of hydrogen-bond donors (Lipinski definition) is 1. The number of anilines is 1. The molecule has 0 heterocycles. The van der Waals surface area contributed by atoms with E-state index in [1.165, 1.54) is 19.3 Å². The summed E-state index contributed by atoms with van der Waals surface area (Å²) in [6.45, 7) is 4.76. The molecule has 0 radical (unpaired) electrons. The van der Waals surface area contributed by atoms with Crippen LogP contribution in [0.25, 0.3) is 0 Å². The highest BCUT2D eigenvalue weighted by molar-refractivity contribution is 5.47. The number of rotatable bonds is 4. The lowest BCUT2D eigenvalue weighted by Gasteiger charge is -2.34. The Bertz CT molecular complexity index is 435. The van der Waals surface area contributed by atoms with Crippen LogP contribution in [0.4, 0.5) is 5.69 Å². The smallest absolute Gasteiger partial charge is 0.174 e. The molecule has 3 nitrogen and oxygen atoms in total. The predicted molar refractivity (Wildman–Crippen MR) is 77.1 cm³/mol. The van der Waals surface area contributed by atoms with Gasteiger partial charge in [-0.05, 0) is 48.9 Å². The molecule has 1 aromatic carbocycles. The highest BCUT2D eigenvalue weighted by Crippen LogP contribution is 2.30. The van der Waals surface area contributed by atoms with E-state index in [2.05, 4.69) is 19.2 Å². The molecule has 0 amide bonds. The molecular weight excluding hydrogens is 236 g/mol. The fourth-order valence-corrected chi connectivity index (χ4v) is 2.71. The van der Waals surface area contributed by atoms with Gasteiger partial charge in [0, 0.05) is 11.7 Å². The molecule has 0 aromatic heterocycles. The second-order valence-corrected chi connectivity index (χ2v) is 5.62. The normalized spacial score (nSPS) is 26.5. The van der Waals surface area contributed by atoms with Crippen LogP contribution in [-0.4, -0.2) is 12.6 Å². The lowest BCUT2D eigenvalue weighted by molar-refractivity contribution is 0.280. The summed E-state index contributed by atoms with van der Waals surface area (Å²) in [6.07, 6.45) is 3.90. The van der Waals surface area contributed by atoms with Gasteiger partial charge in [0.1, 0.15) is 11.8 Å². The van der Waals surface area contributed by atoms with Crippen molar-refractivity contribution >= 4 is 5.69 Å². The fraction of sp³-hybridized carbons (Fsp3) is 0.562. The summed E-state index contributed by atoms with van der Waals surface area (Å²) in [5, 5.41) is 12.1. The second-order valence-electron chi connectivity index (χ2n) is 5.62. The number of nitrogens with zero attached hydrogens (tertiary/aromatic N) is 1. The fourth-order valence-electron chi connectivity index (χ4n) is 2.71. The van der Waals surface area contributed by atoms with Crippen molar-refractivity contribution in [1.82, 2.24) is 0 Å². The lowest BCUT2D eigenvalue weighted by Crippen LogP contribution is -2.33. The zero-order valence-corrected chi connectivity index (χ0v) is 11.7. The quantitative estimate of drug-likeness (QED) is 0.892. The third-order valence-corrected chi connectivity index (χ3v) is 3.97. The Balaban J connectivity index is 1.93. The van der Waals surface area contributed by atoms with Crippen molar-refractivity contribution < 1.29 is 4.74 Å².